The normalized spacial score (nSPS) is 10.4. The highest BCUT2D eigenvalue weighted by molar-refractivity contribution is 6.45. The lowest BCUT2D eigenvalue weighted by Crippen LogP contribution is -2.05. The van der Waals surface area contributed by atoms with E-state index in [9.17, 15) is 4.79 Å². The molecule has 1 heterocycles. The van der Waals surface area contributed by atoms with Gasteiger partial charge in [0.2, 0.25) is 5.78 Å². The molecule has 0 spiro atoms. The lowest BCUT2D eigenvalue weighted by Gasteiger charge is -2.06. The first-order valence-electron chi connectivity index (χ1n) is 4.80. The first-order valence-corrected chi connectivity index (χ1v) is 6.31. The maximum atomic E-state index is 12.2. The van der Waals surface area contributed by atoms with Crippen LogP contribution in [0.4, 0.5) is 0 Å². The Balaban J connectivity index is 2.51. The minimum absolute atomic E-state index is 0.0882. The van der Waals surface area contributed by atoms with Crippen molar-refractivity contribution in [2.24, 2.45) is 0 Å². The van der Waals surface area contributed by atoms with Gasteiger partial charge in [0.15, 0.2) is 0 Å². The summed E-state index contributed by atoms with van der Waals surface area (Å²) in [6, 6.07) is 6.23. The van der Waals surface area contributed by atoms with Crippen molar-refractivity contribution in [3.05, 3.63) is 61.8 Å². The highest BCUT2D eigenvalue weighted by Crippen LogP contribution is 2.29. The van der Waals surface area contributed by atoms with E-state index in [1.165, 1.54) is 12.3 Å². The molecule has 0 aliphatic carbocycles. The molecule has 2 nitrogen and oxygen atoms in total. The fourth-order valence-electron chi connectivity index (χ4n) is 1.39. The van der Waals surface area contributed by atoms with Gasteiger partial charge in [0.05, 0.1) is 20.1 Å². The van der Waals surface area contributed by atoms with Gasteiger partial charge in [0.1, 0.15) is 5.69 Å². The second-order valence-corrected chi connectivity index (χ2v) is 5.04. The summed E-state index contributed by atoms with van der Waals surface area (Å²) in [5, 5.41) is 1.00. The Kier molecular flexibility index (Phi) is 4.13. The molecule has 0 saturated heterocycles. The Morgan fingerprint density at radius 1 is 1.06 bits per heavy atom. The molecule has 0 unspecified atom stereocenters. The van der Waals surface area contributed by atoms with E-state index in [0.717, 1.165) is 0 Å². The average molecular weight is 321 g/mol. The number of halogens is 4. The van der Waals surface area contributed by atoms with Crippen LogP contribution in [0.25, 0.3) is 0 Å². The molecule has 0 atom stereocenters. The van der Waals surface area contributed by atoms with Crippen LogP contribution in [0.1, 0.15) is 16.1 Å². The van der Waals surface area contributed by atoms with Crippen molar-refractivity contribution < 1.29 is 4.79 Å². The minimum atomic E-state index is -0.399. The van der Waals surface area contributed by atoms with Gasteiger partial charge >= 0.3 is 0 Å². The lowest BCUT2D eigenvalue weighted by atomic mass is 10.1. The monoisotopic (exact) mass is 319 g/mol. The fraction of sp³-hybridized carbons (Fsp3) is 0. The van der Waals surface area contributed by atoms with E-state index in [4.69, 9.17) is 46.4 Å². The summed E-state index contributed by atoms with van der Waals surface area (Å²) in [5.41, 5.74) is 0.339. The molecule has 18 heavy (non-hydrogen) atoms. The van der Waals surface area contributed by atoms with Crippen molar-refractivity contribution in [2.45, 2.75) is 0 Å². The van der Waals surface area contributed by atoms with Gasteiger partial charge in [0, 0.05) is 11.8 Å². The summed E-state index contributed by atoms with van der Waals surface area (Å²) in [6.45, 7) is 0. The van der Waals surface area contributed by atoms with Crippen molar-refractivity contribution >= 4 is 52.2 Å². The Morgan fingerprint density at radius 2 is 1.78 bits per heavy atom. The Morgan fingerprint density at radius 3 is 2.44 bits per heavy atom. The van der Waals surface area contributed by atoms with Gasteiger partial charge in [-0.2, -0.15) is 0 Å². The van der Waals surface area contributed by atoms with Crippen LogP contribution in [0.15, 0.2) is 30.5 Å². The molecule has 0 aliphatic rings. The summed E-state index contributed by atoms with van der Waals surface area (Å²) >= 11 is 23.5. The topological polar surface area (TPSA) is 30.0 Å². The summed E-state index contributed by atoms with van der Waals surface area (Å²) in [7, 11) is 0. The van der Waals surface area contributed by atoms with Crippen LogP contribution in [-0.4, -0.2) is 10.8 Å². The smallest absolute Gasteiger partial charge is 0.214 e. The summed E-state index contributed by atoms with van der Waals surface area (Å²) in [5.74, 6) is -0.399. The number of benzene rings is 1. The number of carbonyl (C=O) groups excluding carboxylic acids is 1. The van der Waals surface area contributed by atoms with E-state index in [-0.39, 0.29) is 21.3 Å². The van der Waals surface area contributed by atoms with Crippen LogP contribution in [0.5, 0.6) is 0 Å². The molecule has 0 bridgehead atoms. The largest absolute Gasteiger partial charge is 0.287 e. The van der Waals surface area contributed by atoms with E-state index < -0.39 is 5.78 Å². The molecule has 0 N–H and O–H groups in total. The number of hydrogen-bond donors (Lipinski definition) is 0. The maximum absolute atomic E-state index is 12.2. The molecule has 0 saturated carbocycles. The molecule has 2 aromatic rings. The van der Waals surface area contributed by atoms with Crippen LogP contribution < -0.4 is 0 Å². The predicted molar refractivity (Wildman–Crippen MR) is 74.2 cm³/mol. The van der Waals surface area contributed by atoms with Crippen LogP contribution in [-0.2, 0) is 0 Å². The number of carbonyl (C=O) groups is 1. The molecule has 1 aromatic carbocycles. The van der Waals surface area contributed by atoms with Gasteiger partial charge in [-0.1, -0.05) is 52.5 Å². The summed E-state index contributed by atoms with van der Waals surface area (Å²) in [4.78, 5) is 16.1. The van der Waals surface area contributed by atoms with E-state index in [1.54, 1.807) is 18.2 Å². The summed E-state index contributed by atoms with van der Waals surface area (Å²) in [6.07, 6.45) is 1.35. The second kappa shape index (κ2) is 5.45. The highest BCUT2D eigenvalue weighted by Gasteiger charge is 2.18. The molecule has 0 radical (unpaired) electrons. The number of ketones is 1. The molecule has 0 amide bonds. The lowest BCUT2D eigenvalue weighted by molar-refractivity contribution is 0.103. The van der Waals surface area contributed by atoms with Gasteiger partial charge in [-0.25, -0.2) is 4.98 Å². The molecule has 92 valence electrons. The van der Waals surface area contributed by atoms with Crippen molar-refractivity contribution in [3.63, 3.8) is 0 Å². The second-order valence-electron chi connectivity index (χ2n) is 3.41. The third kappa shape index (κ3) is 2.62. The molecule has 2 rings (SSSR count). The number of hydrogen-bond acceptors (Lipinski definition) is 2. The predicted octanol–water partition coefficient (Wildman–Crippen LogP) is 4.93. The van der Waals surface area contributed by atoms with Crippen LogP contribution in [0.3, 0.4) is 0 Å². The highest BCUT2D eigenvalue weighted by atomic mass is 35.5. The zero-order valence-corrected chi connectivity index (χ0v) is 11.8. The molecule has 1 aromatic heterocycles. The molecular formula is C12H5Cl4NO. The van der Waals surface area contributed by atoms with E-state index in [1.807, 2.05) is 0 Å². The third-order valence-corrected chi connectivity index (χ3v) is 3.53. The zero-order valence-electron chi connectivity index (χ0n) is 8.75. The molecule has 0 fully saturated rings. The van der Waals surface area contributed by atoms with Gasteiger partial charge in [-0.05, 0) is 18.2 Å². The van der Waals surface area contributed by atoms with E-state index in [2.05, 4.69) is 4.98 Å². The Hall–Kier alpha value is -0.800. The number of nitrogens with zero attached hydrogens (tertiary/aromatic N) is 1. The van der Waals surface area contributed by atoms with Gasteiger partial charge in [0.25, 0.3) is 0 Å². The first kappa shape index (κ1) is 13.6. The van der Waals surface area contributed by atoms with Gasteiger partial charge in [-0.15, -0.1) is 0 Å². The van der Waals surface area contributed by atoms with Crippen molar-refractivity contribution in [1.82, 2.24) is 4.98 Å². The fourth-order valence-corrected chi connectivity index (χ4v) is 2.24. The van der Waals surface area contributed by atoms with E-state index in [0.29, 0.717) is 10.0 Å². The molecule has 6 heteroatoms. The van der Waals surface area contributed by atoms with E-state index >= 15 is 0 Å². The first-order chi connectivity index (χ1) is 8.50. The number of rotatable bonds is 2. The minimum Gasteiger partial charge on any atom is -0.287 e. The van der Waals surface area contributed by atoms with Crippen LogP contribution in [0.2, 0.25) is 20.1 Å². The van der Waals surface area contributed by atoms with Crippen LogP contribution in [0, 0.1) is 0 Å². The number of aromatic nitrogens is 1. The molecular weight excluding hydrogens is 316 g/mol. The van der Waals surface area contributed by atoms with Gasteiger partial charge < -0.3 is 0 Å². The molecule has 0 aliphatic heterocycles. The zero-order chi connectivity index (χ0) is 13.3. The van der Waals surface area contributed by atoms with Gasteiger partial charge in [-0.3, -0.25) is 4.79 Å². The van der Waals surface area contributed by atoms with Crippen molar-refractivity contribution in [2.75, 3.05) is 0 Å². The Bertz CT molecular complexity index is 627. The third-order valence-electron chi connectivity index (χ3n) is 2.22. The average Bonchev–Trinajstić information content (AvgIpc) is 2.32. The Labute approximate surface area is 123 Å². The standard InChI is InChI=1S/C12H5Cl4NO/c13-6-4-9(15)11(17-5-6)12(18)7-2-1-3-8(14)10(7)16/h1-5H. The summed E-state index contributed by atoms with van der Waals surface area (Å²) < 4.78 is 0. The van der Waals surface area contributed by atoms with Crippen molar-refractivity contribution in [3.8, 4) is 0 Å². The maximum Gasteiger partial charge on any atom is 0.214 e. The SMILES string of the molecule is O=C(c1cccc(Cl)c1Cl)c1ncc(Cl)cc1Cl. The number of pyridine rings is 1. The van der Waals surface area contributed by atoms with Crippen LogP contribution >= 0.6 is 46.4 Å². The van der Waals surface area contributed by atoms with Crippen molar-refractivity contribution in [1.29, 1.82) is 0 Å². The quantitative estimate of drug-likeness (QED) is 0.735.